The Morgan fingerprint density at radius 2 is 2.20 bits per heavy atom. The van der Waals surface area contributed by atoms with Crippen molar-refractivity contribution in [3.05, 3.63) is 34.9 Å². The molecule has 1 aromatic carbocycles. The number of amides is 1. The van der Waals surface area contributed by atoms with Crippen LogP contribution in [0.15, 0.2) is 18.2 Å². The van der Waals surface area contributed by atoms with E-state index in [1.54, 1.807) is 0 Å². The Balaban J connectivity index is 1.91. The van der Waals surface area contributed by atoms with Crippen molar-refractivity contribution in [2.24, 2.45) is 5.92 Å². The first kappa shape index (κ1) is 13.6. The lowest BCUT2D eigenvalue weighted by Gasteiger charge is -2.38. The minimum absolute atomic E-state index is 0.239. The van der Waals surface area contributed by atoms with Crippen molar-refractivity contribution in [3.63, 3.8) is 0 Å². The Bertz CT molecular complexity index is 512. The van der Waals surface area contributed by atoms with Gasteiger partial charge in [-0.1, -0.05) is 19.1 Å². The Morgan fingerprint density at radius 1 is 1.35 bits per heavy atom. The van der Waals surface area contributed by atoms with Gasteiger partial charge in [0.25, 0.3) is 5.91 Å². The standard InChI is InChI=1S/C17H24N2O/c1-12-5-4-10-19(13(12)2)17(20)16-7-3-6-14-11-18-9-8-15(14)16/h3,6-7,12-13,18H,4-5,8-11H2,1-2H3. The van der Waals surface area contributed by atoms with Gasteiger partial charge in [-0.25, -0.2) is 0 Å². The molecule has 2 aliphatic heterocycles. The van der Waals surface area contributed by atoms with Crippen LogP contribution in [0.3, 0.4) is 0 Å². The fourth-order valence-electron chi connectivity index (χ4n) is 3.51. The van der Waals surface area contributed by atoms with Crippen LogP contribution in [0, 0.1) is 5.92 Å². The van der Waals surface area contributed by atoms with Crippen molar-refractivity contribution in [1.29, 1.82) is 0 Å². The van der Waals surface area contributed by atoms with Crippen LogP contribution in [0.5, 0.6) is 0 Å². The molecule has 3 nitrogen and oxygen atoms in total. The van der Waals surface area contributed by atoms with Crippen LogP contribution in [-0.2, 0) is 13.0 Å². The molecule has 2 aliphatic rings. The third kappa shape index (κ3) is 2.35. The number of hydrogen-bond donors (Lipinski definition) is 1. The lowest BCUT2D eigenvalue weighted by molar-refractivity contribution is 0.0549. The molecule has 3 heteroatoms. The summed E-state index contributed by atoms with van der Waals surface area (Å²) in [5, 5.41) is 3.38. The molecule has 2 unspecified atom stereocenters. The first-order valence-electron chi connectivity index (χ1n) is 7.81. The molecule has 0 bridgehead atoms. The van der Waals surface area contributed by atoms with Gasteiger partial charge in [-0.3, -0.25) is 4.79 Å². The SMILES string of the molecule is CC1CCCN(C(=O)c2cccc3c2CCNC3)C1C. The van der Waals surface area contributed by atoms with E-state index in [1.165, 1.54) is 17.5 Å². The highest BCUT2D eigenvalue weighted by Crippen LogP contribution is 2.27. The minimum Gasteiger partial charge on any atom is -0.336 e. The summed E-state index contributed by atoms with van der Waals surface area (Å²) in [6, 6.07) is 6.53. The summed E-state index contributed by atoms with van der Waals surface area (Å²) >= 11 is 0. The van der Waals surface area contributed by atoms with Gasteiger partial charge in [0.05, 0.1) is 0 Å². The molecule has 2 atom stereocenters. The van der Waals surface area contributed by atoms with E-state index in [0.717, 1.165) is 38.0 Å². The Labute approximate surface area is 121 Å². The topological polar surface area (TPSA) is 32.3 Å². The molecule has 1 saturated heterocycles. The highest BCUT2D eigenvalue weighted by atomic mass is 16.2. The minimum atomic E-state index is 0.239. The number of fused-ring (bicyclic) bond motifs is 1. The predicted molar refractivity (Wildman–Crippen MR) is 80.7 cm³/mol. The zero-order valence-corrected chi connectivity index (χ0v) is 12.5. The number of piperidine rings is 1. The molecule has 0 saturated carbocycles. The molecule has 1 aromatic rings. The van der Waals surface area contributed by atoms with Crippen molar-refractivity contribution in [3.8, 4) is 0 Å². The zero-order valence-electron chi connectivity index (χ0n) is 12.5. The summed E-state index contributed by atoms with van der Waals surface area (Å²) in [6.45, 7) is 7.23. The Hall–Kier alpha value is -1.35. The number of hydrogen-bond acceptors (Lipinski definition) is 2. The molecule has 0 radical (unpaired) electrons. The second-order valence-electron chi connectivity index (χ2n) is 6.23. The van der Waals surface area contributed by atoms with E-state index >= 15 is 0 Å². The van der Waals surface area contributed by atoms with Crippen molar-refractivity contribution in [1.82, 2.24) is 10.2 Å². The van der Waals surface area contributed by atoms with Crippen LogP contribution in [0.2, 0.25) is 0 Å². The zero-order chi connectivity index (χ0) is 14.1. The van der Waals surface area contributed by atoms with E-state index in [4.69, 9.17) is 0 Å². The summed E-state index contributed by atoms with van der Waals surface area (Å²) in [6.07, 6.45) is 3.34. The molecule has 1 amide bonds. The van der Waals surface area contributed by atoms with Crippen molar-refractivity contribution >= 4 is 5.91 Å². The number of nitrogens with zero attached hydrogens (tertiary/aromatic N) is 1. The van der Waals surface area contributed by atoms with E-state index in [1.807, 2.05) is 12.1 Å². The molecular weight excluding hydrogens is 248 g/mol. The summed E-state index contributed by atoms with van der Waals surface area (Å²) in [5.41, 5.74) is 3.49. The number of rotatable bonds is 1. The van der Waals surface area contributed by atoms with Gasteiger partial charge < -0.3 is 10.2 Å². The number of nitrogens with one attached hydrogen (secondary N) is 1. The van der Waals surface area contributed by atoms with Crippen LogP contribution in [0.4, 0.5) is 0 Å². The van der Waals surface area contributed by atoms with Gasteiger partial charge in [0.15, 0.2) is 0 Å². The van der Waals surface area contributed by atoms with Gasteiger partial charge in [-0.05, 0) is 55.8 Å². The molecular formula is C17H24N2O. The van der Waals surface area contributed by atoms with E-state index in [2.05, 4.69) is 30.1 Å². The first-order chi connectivity index (χ1) is 9.68. The van der Waals surface area contributed by atoms with Gasteiger partial charge in [0, 0.05) is 24.7 Å². The highest BCUT2D eigenvalue weighted by molar-refractivity contribution is 5.96. The summed E-state index contributed by atoms with van der Waals surface area (Å²) in [4.78, 5) is 15.0. The average Bonchev–Trinajstić information content (AvgIpc) is 2.49. The molecule has 0 spiro atoms. The van der Waals surface area contributed by atoms with Crippen LogP contribution >= 0.6 is 0 Å². The van der Waals surface area contributed by atoms with E-state index in [0.29, 0.717) is 12.0 Å². The van der Waals surface area contributed by atoms with Gasteiger partial charge in [0.1, 0.15) is 0 Å². The fourth-order valence-corrected chi connectivity index (χ4v) is 3.51. The molecule has 1 fully saturated rings. The highest BCUT2D eigenvalue weighted by Gasteiger charge is 2.30. The van der Waals surface area contributed by atoms with Crippen molar-refractivity contribution in [2.75, 3.05) is 13.1 Å². The Kier molecular flexibility index (Phi) is 3.79. The van der Waals surface area contributed by atoms with Gasteiger partial charge in [0.2, 0.25) is 0 Å². The second kappa shape index (κ2) is 5.57. The maximum absolute atomic E-state index is 12.9. The molecule has 0 aromatic heterocycles. The van der Waals surface area contributed by atoms with Crippen LogP contribution < -0.4 is 5.32 Å². The molecule has 2 heterocycles. The third-order valence-electron chi connectivity index (χ3n) is 5.01. The van der Waals surface area contributed by atoms with Gasteiger partial charge in [-0.2, -0.15) is 0 Å². The summed E-state index contributed by atoms with van der Waals surface area (Å²) in [7, 11) is 0. The maximum atomic E-state index is 12.9. The van der Waals surface area contributed by atoms with Gasteiger partial charge >= 0.3 is 0 Å². The Morgan fingerprint density at radius 3 is 3.05 bits per heavy atom. The van der Waals surface area contributed by atoms with Crippen molar-refractivity contribution in [2.45, 2.75) is 45.7 Å². The molecule has 0 aliphatic carbocycles. The third-order valence-corrected chi connectivity index (χ3v) is 5.01. The normalized spacial score (nSPS) is 26.2. The van der Waals surface area contributed by atoms with Gasteiger partial charge in [-0.15, -0.1) is 0 Å². The van der Waals surface area contributed by atoms with E-state index < -0.39 is 0 Å². The molecule has 108 valence electrons. The summed E-state index contributed by atoms with van der Waals surface area (Å²) in [5.74, 6) is 0.844. The largest absolute Gasteiger partial charge is 0.336 e. The monoisotopic (exact) mass is 272 g/mol. The predicted octanol–water partition coefficient (Wildman–Crippen LogP) is 2.59. The summed E-state index contributed by atoms with van der Waals surface area (Å²) < 4.78 is 0. The average molecular weight is 272 g/mol. The fraction of sp³-hybridized carbons (Fsp3) is 0.588. The quantitative estimate of drug-likeness (QED) is 0.852. The lowest BCUT2D eigenvalue weighted by Crippen LogP contribution is -2.46. The van der Waals surface area contributed by atoms with Crippen LogP contribution in [0.25, 0.3) is 0 Å². The van der Waals surface area contributed by atoms with Crippen LogP contribution in [0.1, 0.15) is 48.2 Å². The smallest absolute Gasteiger partial charge is 0.254 e. The number of carbonyl (C=O) groups is 1. The lowest BCUT2D eigenvalue weighted by atomic mass is 9.89. The maximum Gasteiger partial charge on any atom is 0.254 e. The first-order valence-corrected chi connectivity index (χ1v) is 7.81. The molecule has 1 N–H and O–H groups in total. The van der Waals surface area contributed by atoms with E-state index in [-0.39, 0.29) is 5.91 Å². The van der Waals surface area contributed by atoms with Crippen molar-refractivity contribution < 1.29 is 4.79 Å². The van der Waals surface area contributed by atoms with Crippen LogP contribution in [-0.4, -0.2) is 29.9 Å². The number of carbonyl (C=O) groups excluding carboxylic acids is 1. The number of likely N-dealkylation sites (tertiary alicyclic amines) is 1. The molecule has 20 heavy (non-hydrogen) atoms. The molecule has 3 rings (SSSR count). The number of benzene rings is 1. The van der Waals surface area contributed by atoms with E-state index in [9.17, 15) is 4.79 Å². The second-order valence-corrected chi connectivity index (χ2v) is 6.23.